The molecule has 0 radical (unpaired) electrons. The molecule has 0 saturated carbocycles. The van der Waals surface area contributed by atoms with Gasteiger partial charge in [-0.05, 0) is 51.3 Å². The molecule has 0 spiro atoms. The molecular weight excluding hydrogens is 533 g/mol. The number of hydrogen-bond donors (Lipinski definition) is 2. The number of nitrogens with one attached hydrogen (secondary N) is 2. The van der Waals surface area contributed by atoms with Crippen LogP contribution in [-0.2, 0) is 23.1 Å². The number of rotatable bonds is 7. The number of sulfonamides is 1. The van der Waals surface area contributed by atoms with Crippen molar-refractivity contribution in [3.8, 4) is 0 Å². The van der Waals surface area contributed by atoms with E-state index < -0.39 is 10.0 Å². The lowest BCUT2D eigenvalue weighted by atomic mass is 10.2. The Hall–Kier alpha value is -1.24. The van der Waals surface area contributed by atoms with Crippen LogP contribution in [0.25, 0.3) is 0 Å². The first-order chi connectivity index (χ1) is 13.9. The molecule has 1 aliphatic rings. The molecule has 166 valence electrons. The van der Waals surface area contributed by atoms with Crippen molar-refractivity contribution in [3.63, 3.8) is 0 Å². The van der Waals surface area contributed by atoms with E-state index >= 15 is 0 Å². The van der Waals surface area contributed by atoms with Crippen LogP contribution in [0.15, 0.2) is 34.2 Å². The lowest BCUT2D eigenvalue weighted by Crippen LogP contribution is -2.36. The van der Waals surface area contributed by atoms with Gasteiger partial charge >= 0.3 is 0 Å². The van der Waals surface area contributed by atoms with Gasteiger partial charge in [-0.15, -0.1) is 35.3 Å². The van der Waals surface area contributed by atoms with Gasteiger partial charge in [0.15, 0.2) is 5.96 Å². The van der Waals surface area contributed by atoms with Crippen LogP contribution in [0, 0.1) is 13.8 Å². The molecule has 1 aliphatic heterocycles. The number of aryl methyl sites for hydroxylation is 2. The highest BCUT2D eigenvalue weighted by Crippen LogP contribution is 2.21. The minimum absolute atomic E-state index is 0. The SMILES string of the molecule is CCNC(=NCc1ccc(S(=O)(=O)N2CCCC2)cc1)NCc1sc(C)nc1C.I. The first kappa shape index (κ1) is 25.0. The molecule has 0 aliphatic carbocycles. The van der Waals surface area contributed by atoms with Gasteiger partial charge in [-0.2, -0.15) is 4.31 Å². The van der Waals surface area contributed by atoms with Gasteiger partial charge in [0, 0.05) is 24.5 Å². The Morgan fingerprint density at radius 2 is 1.83 bits per heavy atom. The second-order valence-electron chi connectivity index (χ2n) is 7.05. The van der Waals surface area contributed by atoms with Crippen molar-refractivity contribution in [2.45, 2.75) is 51.6 Å². The summed E-state index contributed by atoms with van der Waals surface area (Å²) >= 11 is 1.69. The summed E-state index contributed by atoms with van der Waals surface area (Å²) in [6.07, 6.45) is 1.87. The first-order valence-corrected chi connectivity index (χ1v) is 12.2. The number of aliphatic imine (C=N–C) groups is 1. The van der Waals surface area contributed by atoms with Crippen molar-refractivity contribution < 1.29 is 8.42 Å². The maximum atomic E-state index is 12.6. The second kappa shape index (κ2) is 11.4. The van der Waals surface area contributed by atoms with Crippen molar-refractivity contribution in [2.24, 2.45) is 4.99 Å². The largest absolute Gasteiger partial charge is 0.357 e. The number of guanidine groups is 1. The number of thiazole rings is 1. The second-order valence-corrected chi connectivity index (χ2v) is 10.3. The molecule has 1 aromatic carbocycles. The molecule has 10 heteroatoms. The van der Waals surface area contributed by atoms with Crippen LogP contribution in [0.4, 0.5) is 0 Å². The van der Waals surface area contributed by atoms with Gasteiger partial charge in [-0.25, -0.2) is 18.4 Å². The number of nitrogens with zero attached hydrogens (tertiary/aromatic N) is 3. The van der Waals surface area contributed by atoms with Crippen LogP contribution < -0.4 is 10.6 Å². The van der Waals surface area contributed by atoms with Crippen molar-refractivity contribution in [3.05, 3.63) is 45.4 Å². The van der Waals surface area contributed by atoms with Crippen LogP contribution >= 0.6 is 35.3 Å². The molecule has 1 saturated heterocycles. The Kier molecular flexibility index (Phi) is 9.51. The topological polar surface area (TPSA) is 86.7 Å². The summed E-state index contributed by atoms with van der Waals surface area (Å²) in [6.45, 7) is 9.19. The molecule has 2 aromatic rings. The van der Waals surface area contributed by atoms with E-state index in [-0.39, 0.29) is 24.0 Å². The van der Waals surface area contributed by atoms with Crippen LogP contribution in [0.1, 0.15) is 40.9 Å². The van der Waals surface area contributed by atoms with Crippen molar-refractivity contribution in [2.75, 3.05) is 19.6 Å². The van der Waals surface area contributed by atoms with Gasteiger partial charge < -0.3 is 10.6 Å². The molecule has 7 nitrogen and oxygen atoms in total. The molecule has 0 bridgehead atoms. The molecule has 30 heavy (non-hydrogen) atoms. The van der Waals surface area contributed by atoms with Crippen LogP contribution in [0.3, 0.4) is 0 Å². The maximum Gasteiger partial charge on any atom is 0.243 e. The smallest absolute Gasteiger partial charge is 0.243 e. The standard InChI is InChI=1S/C20H29N5O2S2.HI/c1-4-21-20(23-14-19-15(2)24-16(3)28-19)22-13-17-7-9-18(10-8-17)29(26,27)25-11-5-6-12-25;/h7-10H,4-6,11-14H2,1-3H3,(H2,21,22,23);1H. The molecule has 2 heterocycles. The Morgan fingerprint density at radius 3 is 2.40 bits per heavy atom. The normalized spacial score (nSPS) is 15.1. The minimum Gasteiger partial charge on any atom is -0.357 e. The molecule has 0 atom stereocenters. The summed E-state index contributed by atoms with van der Waals surface area (Å²) in [4.78, 5) is 10.6. The first-order valence-electron chi connectivity index (χ1n) is 9.94. The third-order valence-corrected chi connectivity index (χ3v) is 7.79. The molecule has 1 fully saturated rings. The maximum absolute atomic E-state index is 12.6. The highest BCUT2D eigenvalue weighted by atomic mass is 127. The molecule has 0 amide bonds. The Labute approximate surface area is 200 Å². The predicted molar refractivity (Wildman–Crippen MR) is 133 cm³/mol. The Morgan fingerprint density at radius 1 is 1.17 bits per heavy atom. The van der Waals surface area contributed by atoms with Crippen LogP contribution in [0.5, 0.6) is 0 Å². The monoisotopic (exact) mass is 563 g/mol. The zero-order valence-electron chi connectivity index (χ0n) is 17.6. The zero-order chi connectivity index (χ0) is 20.9. The van der Waals surface area contributed by atoms with E-state index in [0.717, 1.165) is 41.6 Å². The van der Waals surface area contributed by atoms with Gasteiger partial charge in [-0.3, -0.25) is 0 Å². The van der Waals surface area contributed by atoms with Gasteiger partial charge in [0.05, 0.1) is 28.7 Å². The van der Waals surface area contributed by atoms with Gasteiger partial charge in [0.2, 0.25) is 10.0 Å². The van der Waals surface area contributed by atoms with E-state index in [4.69, 9.17) is 0 Å². The third-order valence-electron chi connectivity index (χ3n) is 4.81. The van der Waals surface area contributed by atoms with Crippen LogP contribution in [0.2, 0.25) is 0 Å². The van der Waals surface area contributed by atoms with E-state index in [1.165, 1.54) is 4.88 Å². The molecule has 2 N–H and O–H groups in total. The summed E-state index contributed by atoms with van der Waals surface area (Å²) in [7, 11) is -3.37. The van der Waals surface area contributed by atoms with Crippen molar-refractivity contribution in [1.29, 1.82) is 0 Å². The quantitative estimate of drug-likeness (QED) is 0.307. The van der Waals surface area contributed by atoms with Gasteiger partial charge in [0.1, 0.15) is 0 Å². The molecular formula is C20H30IN5O2S2. The van der Waals surface area contributed by atoms with E-state index in [1.807, 2.05) is 32.9 Å². The van der Waals surface area contributed by atoms with Crippen molar-refractivity contribution in [1.82, 2.24) is 19.9 Å². The fourth-order valence-electron chi connectivity index (χ4n) is 3.26. The van der Waals surface area contributed by atoms with E-state index in [9.17, 15) is 8.42 Å². The Bertz CT molecular complexity index is 952. The zero-order valence-corrected chi connectivity index (χ0v) is 21.6. The van der Waals surface area contributed by atoms with Gasteiger partial charge in [-0.1, -0.05) is 12.1 Å². The Balaban J connectivity index is 0.00000320. The number of aromatic nitrogens is 1. The summed E-state index contributed by atoms with van der Waals surface area (Å²) < 4.78 is 26.8. The summed E-state index contributed by atoms with van der Waals surface area (Å²) in [5.41, 5.74) is 2.01. The minimum atomic E-state index is -3.37. The van der Waals surface area contributed by atoms with Crippen molar-refractivity contribution >= 4 is 51.3 Å². The number of benzene rings is 1. The molecule has 3 rings (SSSR count). The van der Waals surface area contributed by atoms with E-state index in [2.05, 4.69) is 20.6 Å². The predicted octanol–water partition coefficient (Wildman–Crippen LogP) is 3.42. The average Bonchev–Trinajstić information content (AvgIpc) is 3.34. The fourth-order valence-corrected chi connectivity index (χ4v) is 5.65. The molecule has 0 unspecified atom stereocenters. The summed E-state index contributed by atoms with van der Waals surface area (Å²) in [5, 5.41) is 7.64. The highest BCUT2D eigenvalue weighted by molar-refractivity contribution is 14.0. The number of halogens is 1. The third kappa shape index (κ3) is 6.38. The lowest BCUT2D eigenvalue weighted by molar-refractivity contribution is 0.477. The fraction of sp³-hybridized carbons (Fsp3) is 0.500. The number of hydrogen-bond acceptors (Lipinski definition) is 5. The van der Waals surface area contributed by atoms with Gasteiger partial charge in [0.25, 0.3) is 0 Å². The summed E-state index contributed by atoms with van der Waals surface area (Å²) in [5.74, 6) is 0.728. The van der Waals surface area contributed by atoms with Crippen LogP contribution in [-0.4, -0.2) is 43.3 Å². The van der Waals surface area contributed by atoms with E-state index in [0.29, 0.717) is 31.1 Å². The molecule has 1 aromatic heterocycles. The summed E-state index contributed by atoms with van der Waals surface area (Å²) in [6, 6.07) is 7.05. The lowest BCUT2D eigenvalue weighted by Gasteiger charge is -2.15. The van der Waals surface area contributed by atoms with E-state index in [1.54, 1.807) is 27.8 Å². The average molecular weight is 564 g/mol. The highest BCUT2D eigenvalue weighted by Gasteiger charge is 2.26.